The van der Waals surface area contributed by atoms with E-state index in [2.05, 4.69) is 20.9 Å². The van der Waals surface area contributed by atoms with E-state index in [1.807, 2.05) is 0 Å². The molecule has 2 rings (SSSR count). The Bertz CT molecular complexity index is 644. The van der Waals surface area contributed by atoms with E-state index in [-0.39, 0.29) is 11.5 Å². The molecule has 7 heteroatoms. The standard InChI is InChI=1S/C10H8BrN3O3/c11-5-3-1-2-4-6(5)14-7(9(15)16)8(12)13-10(14)17/h1-4H,12H2,(H,13,17)(H,15,16). The maximum Gasteiger partial charge on any atom is 0.356 e. The first kappa shape index (κ1) is 11.5. The molecule has 0 saturated heterocycles. The highest BCUT2D eigenvalue weighted by Crippen LogP contribution is 2.22. The highest BCUT2D eigenvalue weighted by molar-refractivity contribution is 9.10. The summed E-state index contributed by atoms with van der Waals surface area (Å²) in [5.41, 5.74) is 5.01. The largest absolute Gasteiger partial charge is 0.476 e. The van der Waals surface area contributed by atoms with E-state index in [1.54, 1.807) is 24.3 Å². The lowest BCUT2D eigenvalue weighted by Gasteiger charge is -2.06. The minimum absolute atomic E-state index is 0.168. The van der Waals surface area contributed by atoms with Crippen LogP contribution in [0, 0.1) is 0 Å². The van der Waals surface area contributed by atoms with Crippen LogP contribution in [0.2, 0.25) is 0 Å². The van der Waals surface area contributed by atoms with Crippen molar-refractivity contribution >= 4 is 27.7 Å². The number of carbonyl (C=O) groups is 1. The van der Waals surface area contributed by atoms with Gasteiger partial charge in [-0.1, -0.05) is 12.1 Å². The monoisotopic (exact) mass is 297 g/mol. The number of benzene rings is 1. The molecule has 0 aliphatic rings. The maximum atomic E-state index is 11.7. The average Bonchev–Trinajstić information content (AvgIpc) is 2.54. The predicted octanol–water partition coefficient (Wildman–Crippen LogP) is 1.21. The van der Waals surface area contributed by atoms with Gasteiger partial charge in [-0.3, -0.25) is 9.55 Å². The van der Waals surface area contributed by atoms with Crippen molar-refractivity contribution in [3.63, 3.8) is 0 Å². The third-order valence-electron chi connectivity index (χ3n) is 2.22. The molecule has 0 atom stereocenters. The summed E-state index contributed by atoms with van der Waals surface area (Å²) in [6.07, 6.45) is 0. The minimum atomic E-state index is -1.27. The number of nitrogens with one attached hydrogen (secondary N) is 1. The molecule has 0 aliphatic carbocycles. The number of para-hydroxylation sites is 1. The van der Waals surface area contributed by atoms with Crippen LogP contribution in [0.3, 0.4) is 0 Å². The van der Waals surface area contributed by atoms with E-state index >= 15 is 0 Å². The lowest BCUT2D eigenvalue weighted by molar-refractivity contribution is 0.0689. The summed E-state index contributed by atoms with van der Waals surface area (Å²) >= 11 is 3.25. The number of nitrogen functional groups attached to an aromatic ring is 1. The van der Waals surface area contributed by atoms with Gasteiger partial charge in [-0.15, -0.1) is 0 Å². The fourth-order valence-corrected chi connectivity index (χ4v) is 1.99. The quantitative estimate of drug-likeness (QED) is 0.775. The van der Waals surface area contributed by atoms with Crippen LogP contribution in [-0.2, 0) is 0 Å². The Balaban J connectivity index is 2.81. The first-order valence-corrected chi connectivity index (χ1v) is 5.40. The number of nitrogens with zero attached hydrogens (tertiary/aromatic N) is 1. The number of aromatic carboxylic acids is 1. The Morgan fingerprint density at radius 2 is 2.06 bits per heavy atom. The number of H-pyrrole nitrogens is 1. The zero-order chi connectivity index (χ0) is 12.6. The molecular formula is C10H8BrN3O3. The maximum absolute atomic E-state index is 11.7. The first-order valence-electron chi connectivity index (χ1n) is 4.61. The van der Waals surface area contributed by atoms with Crippen molar-refractivity contribution in [1.29, 1.82) is 0 Å². The molecule has 88 valence electrons. The Hall–Kier alpha value is -2.02. The van der Waals surface area contributed by atoms with Crippen molar-refractivity contribution in [2.24, 2.45) is 0 Å². The van der Waals surface area contributed by atoms with E-state index in [0.29, 0.717) is 10.2 Å². The van der Waals surface area contributed by atoms with Crippen molar-refractivity contribution in [2.45, 2.75) is 0 Å². The molecular weight excluding hydrogens is 290 g/mol. The topological polar surface area (TPSA) is 101 Å². The molecule has 17 heavy (non-hydrogen) atoms. The molecule has 2 aromatic rings. The predicted molar refractivity (Wildman–Crippen MR) is 65.5 cm³/mol. The van der Waals surface area contributed by atoms with Crippen molar-refractivity contribution in [3.8, 4) is 5.69 Å². The second-order valence-electron chi connectivity index (χ2n) is 3.28. The number of imidazole rings is 1. The summed E-state index contributed by atoms with van der Waals surface area (Å²) in [6, 6.07) is 6.78. The SMILES string of the molecule is Nc1[nH]c(=O)n(-c2ccccc2Br)c1C(=O)O. The average molecular weight is 298 g/mol. The zero-order valence-corrected chi connectivity index (χ0v) is 10.1. The van der Waals surface area contributed by atoms with E-state index in [1.165, 1.54) is 0 Å². The minimum Gasteiger partial charge on any atom is -0.476 e. The van der Waals surface area contributed by atoms with Gasteiger partial charge < -0.3 is 10.8 Å². The Morgan fingerprint density at radius 1 is 1.41 bits per heavy atom. The van der Waals surface area contributed by atoms with E-state index in [9.17, 15) is 9.59 Å². The Labute approximate surface area is 104 Å². The number of hydrogen-bond donors (Lipinski definition) is 3. The van der Waals surface area contributed by atoms with Crippen LogP contribution in [0.5, 0.6) is 0 Å². The van der Waals surface area contributed by atoms with Gasteiger partial charge in [-0.05, 0) is 28.1 Å². The van der Waals surface area contributed by atoms with Gasteiger partial charge in [-0.25, -0.2) is 9.59 Å². The molecule has 0 bridgehead atoms. The van der Waals surface area contributed by atoms with Gasteiger partial charge in [0.15, 0.2) is 5.69 Å². The third kappa shape index (κ3) is 1.84. The third-order valence-corrected chi connectivity index (χ3v) is 2.89. The molecule has 0 fully saturated rings. The molecule has 0 amide bonds. The second-order valence-corrected chi connectivity index (χ2v) is 4.14. The lowest BCUT2D eigenvalue weighted by Crippen LogP contribution is -2.19. The number of aromatic nitrogens is 2. The van der Waals surface area contributed by atoms with Crippen molar-refractivity contribution < 1.29 is 9.90 Å². The van der Waals surface area contributed by atoms with Gasteiger partial charge >= 0.3 is 11.7 Å². The number of halogens is 1. The summed E-state index contributed by atoms with van der Waals surface area (Å²) in [5.74, 6) is -1.44. The summed E-state index contributed by atoms with van der Waals surface area (Å²) in [6.45, 7) is 0. The van der Waals surface area contributed by atoms with Crippen molar-refractivity contribution in [1.82, 2.24) is 9.55 Å². The van der Waals surface area contributed by atoms with E-state index in [0.717, 1.165) is 4.57 Å². The normalized spacial score (nSPS) is 10.4. The fraction of sp³-hybridized carbons (Fsp3) is 0. The van der Waals surface area contributed by atoms with Gasteiger partial charge in [0, 0.05) is 4.47 Å². The van der Waals surface area contributed by atoms with Gasteiger partial charge in [0.05, 0.1) is 5.69 Å². The van der Waals surface area contributed by atoms with Gasteiger partial charge in [-0.2, -0.15) is 0 Å². The van der Waals surface area contributed by atoms with E-state index < -0.39 is 11.7 Å². The van der Waals surface area contributed by atoms with Crippen molar-refractivity contribution in [3.05, 3.63) is 44.9 Å². The van der Waals surface area contributed by atoms with Crippen LogP contribution in [0.1, 0.15) is 10.5 Å². The highest BCUT2D eigenvalue weighted by Gasteiger charge is 2.20. The summed E-state index contributed by atoms with van der Waals surface area (Å²) in [5, 5.41) is 9.04. The molecule has 4 N–H and O–H groups in total. The fourth-order valence-electron chi connectivity index (χ4n) is 1.53. The molecule has 0 saturated carbocycles. The van der Waals surface area contributed by atoms with Crippen LogP contribution in [0.15, 0.2) is 33.5 Å². The van der Waals surface area contributed by atoms with E-state index in [4.69, 9.17) is 10.8 Å². The molecule has 0 spiro atoms. The summed E-state index contributed by atoms with van der Waals surface area (Å²) < 4.78 is 1.62. The smallest absolute Gasteiger partial charge is 0.356 e. The summed E-state index contributed by atoms with van der Waals surface area (Å²) in [7, 11) is 0. The van der Waals surface area contributed by atoms with Crippen LogP contribution in [0.25, 0.3) is 5.69 Å². The van der Waals surface area contributed by atoms with Crippen LogP contribution in [0.4, 0.5) is 5.82 Å². The number of anilines is 1. The molecule has 0 unspecified atom stereocenters. The molecule has 6 nitrogen and oxygen atoms in total. The van der Waals surface area contributed by atoms with Gasteiger partial charge in [0.2, 0.25) is 0 Å². The lowest BCUT2D eigenvalue weighted by atomic mass is 10.3. The Kier molecular flexibility index (Phi) is 2.76. The van der Waals surface area contributed by atoms with Gasteiger partial charge in [0.25, 0.3) is 0 Å². The number of rotatable bonds is 2. The van der Waals surface area contributed by atoms with Crippen LogP contribution in [-0.4, -0.2) is 20.6 Å². The van der Waals surface area contributed by atoms with Crippen LogP contribution < -0.4 is 11.4 Å². The highest BCUT2D eigenvalue weighted by atomic mass is 79.9. The second kappa shape index (κ2) is 4.10. The number of carboxylic acids is 1. The molecule has 1 heterocycles. The van der Waals surface area contributed by atoms with Crippen LogP contribution >= 0.6 is 15.9 Å². The summed E-state index contributed by atoms with van der Waals surface area (Å²) in [4.78, 5) is 25.0. The molecule has 1 aromatic carbocycles. The number of carboxylic acid groups (broad SMARTS) is 1. The Morgan fingerprint density at radius 3 is 2.65 bits per heavy atom. The molecule has 0 aliphatic heterocycles. The molecule has 1 aromatic heterocycles. The number of aromatic amines is 1. The zero-order valence-electron chi connectivity index (χ0n) is 8.48. The number of hydrogen-bond acceptors (Lipinski definition) is 3. The number of nitrogens with two attached hydrogens (primary N) is 1. The van der Waals surface area contributed by atoms with Crippen molar-refractivity contribution in [2.75, 3.05) is 5.73 Å². The first-order chi connectivity index (χ1) is 8.02. The van der Waals surface area contributed by atoms with Gasteiger partial charge in [0.1, 0.15) is 5.82 Å². The molecule has 0 radical (unpaired) electrons.